The van der Waals surface area contributed by atoms with Crippen molar-refractivity contribution in [2.45, 2.75) is 57.2 Å². The fourth-order valence-corrected chi connectivity index (χ4v) is 3.24. The Labute approximate surface area is 119 Å². The van der Waals surface area contributed by atoms with Crippen LogP contribution in [-0.2, 0) is 0 Å². The summed E-state index contributed by atoms with van der Waals surface area (Å²) in [5, 5.41) is 22.3. The van der Waals surface area contributed by atoms with Gasteiger partial charge >= 0.3 is 0 Å². The van der Waals surface area contributed by atoms with Crippen LogP contribution in [0.2, 0.25) is 0 Å². The molecule has 1 atom stereocenters. The topological polar surface area (TPSA) is 53.6 Å². The largest absolute Gasteiger partial charge is 0.458 e. The van der Waals surface area contributed by atoms with Gasteiger partial charge < -0.3 is 14.6 Å². The highest BCUT2D eigenvalue weighted by Crippen LogP contribution is 2.39. The zero-order chi connectivity index (χ0) is 14.2. The van der Waals surface area contributed by atoms with Gasteiger partial charge in [0, 0.05) is 5.39 Å². The fourth-order valence-electron chi connectivity index (χ4n) is 3.24. The number of para-hydroxylation sites is 1. The van der Waals surface area contributed by atoms with Crippen LogP contribution in [-0.4, -0.2) is 15.8 Å². The summed E-state index contributed by atoms with van der Waals surface area (Å²) in [6.45, 7) is 1.99. The number of hydrogen-bond acceptors (Lipinski definition) is 3. The number of aliphatic hydroxyl groups is 2. The van der Waals surface area contributed by atoms with Gasteiger partial charge in [0.25, 0.3) is 0 Å². The molecule has 3 rings (SSSR count). The maximum absolute atomic E-state index is 10.8. The Kier molecular flexibility index (Phi) is 3.57. The number of rotatable bonds is 2. The predicted octanol–water partition coefficient (Wildman–Crippen LogP) is 3.86. The molecule has 0 radical (unpaired) electrons. The lowest BCUT2D eigenvalue weighted by atomic mass is 9.87. The van der Waals surface area contributed by atoms with Gasteiger partial charge in [-0.05, 0) is 31.4 Å². The first-order chi connectivity index (χ1) is 9.60. The van der Waals surface area contributed by atoms with Crippen molar-refractivity contribution < 1.29 is 14.6 Å². The minimum absolute atomic E-state index is 0.485. The van der Waals surface area contributed by atoms with Crippen LogP contribution in [0.5, 0.6) is 0 Å². The van der Waals surface area contributed by atoms with Crippen molar-refractivity contribution in [1.82, 2.24) is 0 Å². The van der Waals surface area contributed by atoms with Crippen LogP contribution in [0.25, 0.3) is 11.0 Å². The van der Waals surface area contributed by atoms with Crippen LogP contribution in [0.15, 0.2) is 28.7 Å². The highest BCUT2D eigenvalue weighted by Gasteiger charge is 2.38. The Morgan fingerprint density at radius 1 is 1.15 bits per heavy atom. The summed E-state index contributed by atoms with van der Waals surface area (Å²) in [5.74, 6) is 0.485. The normalized spacial score (nSPS) is 20.8. The number of furan rings is 1. The second-order valence-corrected chi connectivity index (χ2v) is 6.06. The number of hydrogen-bond donors (Lipinski definition) is 2. The summed E-state index contributed by atoms with van der Waals surface area (Å²) < 4.78 is 5.81. The summed E-state index contributed by atoms with van der Waals surface area (Å²) in [6.07, 6.45) is 4.55. The molecule has 108 valence electrons. The lowest BCUT2D eigenvalue weighted by molar-refractivity contribution is -0.0943. The molecule has 0 spiro atoms. The minimum atomic E-state index is -1.04. The first-order valence-corrected chi connectivity index (χ1v) is 7.50. The summed E-state index contributed by atoms with van der Waals surface area (Å²) in [7, 11) is 0. The average molecular weight is 274 g/mol. The van der Waals surface area contributed by atoms with E-state index in [2.05, 4.69) is 0 Å². The number of benzene rings is 1. The molecule has 0 bridgehead atoms. The van der Waals surface area contributed by atoms with E-state index < -0.39 is 11.7 Å². The zero-order valence-electron chi connectivity index (χ0n) is 11.9. The monoisotopic (exact) mass is 274 g/mol. The quantitative estimate of drug-likeness (QED) is 0.818. The molecule has 1 saturated carbocycles. The SMILES string of the molecule is Cc1cccc2cc(C(O)C3(O)CCCCCC3)oc12. The molecule has 3 heteroatoms. The fraction of sp³-hybridized carbons (Fsp3) is 0.529. The van der Waals surface area contributed by atoms with E-state index in [1.165, 1.54) is 0 Å². The van der Waals surface area contributed by atoms with Crippen LogP contribution in [0, 0.1) is 6.92 Å². The number of aryl methyl sites for hydroxylation is 1. The van der Waals surface area contributed by atoms with Crippen molar-refractivity contribution in [1.29, 1.82) is 0 Å². The van der Waals surface area contributed by atoms with E-state index in [0.29, 0.717) is 18.6 Å². The smallest absolute Gasteiger partial charge is 0.140 e. The molecule has 2 aromatic rings. The van der Waals surface area contributed by atoms with Gasteiger partial charge in [-0.15, -0.1) is 0 Å². The van der Waals surface area contributed by atoms with Gasteiger partial charge in [0.05, 0.1) is 5.60 Å². The van der Waals surface area contributed by atoms with Gasteiger partial charge in [0.1, 0.15) is 17.4 Å². The molecule has 0 saturated heterocycles. The molecule has 20 heavy (non-hydrogen) atoms. The summed E-state index contributed by atoms with van der Waals surface area (Å²) >= 11 is 0. The van der Waals surface area contributed by atoms with Crippen molar-refractivity contribution in [3.05, 3.63) is 35.6 Å². The predicted molar refractivity (Wildman–Crippen MR) is 78.6 cm³/mol. The van der Waals surface area contributed by atoms with Crippen molar-refractivity contribution in [3.63, 3.8) is 0 Å². The standard InChI is InChI=1S/C17H22O3/c1-12-7-6-8-13-11-14(20-15(12)13)16(18)17(19)9-4-2-3-5-10-17/h6-8,11,16,18-19H,2-5,9-10H2,1H3. The Bertz CT molecular complexity index is 591. The van der Waals surface area contributed by atoms with Crippen LogP contribution in [0.1, 0.15) is 56.0 Å². The molecule has 3 nitrogen and oxygen atoms in total. The molecule has 1 aromatic heterocycles. The van der Waals surface area contributed by atoms with E-state index in [9.17, 15) is 10.2 Å². The van der Waals surface area contributed by atoms with Crippen LogP contribution >= 0.6 is 0 Å². The van der Waals surface area contributed by atoms with E-state index in [-0.39, 0.29) is 0 Å². The molecule has 1 heterocycles. The third-order valence-electron chi connectivity index (χ3n) is 4.51. The van der Waals surface area contributed by atoms with Crippen molar-refractivity contribution in [2.75, 3.05) is 0 Å². The Balaban J connectivity index is 1.95. The van der Waals surface area contributed by atoms with Gasteiger partial charge in [-0.3, -0.25) is 0 Å². The van der Waals surface area contributed by atoms with Crippen molar-refractivity contribution in [3.8, 4) is 0 Å². The average Bonchev–Trinajstić information content (AvgIpc) is 2.75. The summed E-state index contributed by atoms with van der Waals surface area (Å²) in [6, 6.07) is 7.79. The summed E-state index contributed by atoms with van der Waals surface area (Å²) in [5.41, 5.74) is 0.811. The molecule has 2 N–H and O–H groups in total. The van der Waals surface area contributed by atoms with Gasteiger partial charge in [0.2, 0.25) is 0 Å². The Morgan fingerprint density at radius 3 is 2.50 bits per heavy atom. The third-order valence-corrected chi connectivity index (χ3v) is 4.51. The van der Waals surface area contributed by atoms with Crippen molar-refractivity contribution in [2.24, 2.45) is 0 Å². The first kappa shape index (κ1) is 13.7. The van der Waals surface area contributed by atoms with Crippen molar-refractivity contribution >= 4 is 11.0 Å². The van der Waals surface area contributed by atoms with Crippen LogP contribution in [0.4, 0.5) is 0 Å². The van der Waals surface area contributed by atoms with Gasteiger partial charge in [0.15, 0.2) is 0 Å². The van der Waals surface area contributed by atoms with Gasteiger partial charge in [-0.1, -0.05) is 43.9 Å². The lowest BCUT2D eigenvalue weighted by Crippen LogP contribution is -2.35. The van der Waals surface area contributed by atoms with Crippen LogP contribution < -0.4 is 0 Å². The minimum Gasteiger partial charge on any atom is -0.458 e. The molecule has 1 fully saturated rings. The lowest BCUT2D eigenvalue weighted by Gasteiger charge is -2.30. The van der Waals surface area contributed by atoms with E-state index in [1.807, 2.05) is 31.2 Å². The second kappa shape index (κ2) is 5.23. The molecule has 0 aliphatic heterocycles. The van der Waals surface area contributed by atoms with E-state index in [4.69, 9.17) is 4.42 Å². The van der Waals surface area contributed by atoms with E-state index >= 15 is 0 Å². The number of aliphatic hydroxyl groups excluding tert-OH is 1. The molecule has 1 aromatic carbocycles. The molecule has 1 aliphatic carbocycles. The maximum atomic E-state index is 10.8. The van der Waals surface area contributed by atoms with Crippen LogP contribution in [0.3, 0.4) is 0 Å². The Morgan fingerprint density at radius 2 is 1.85 bits per heavy atom. The van der Waals surface area contributed by atoms with E-state index in [0.717, 1.165) is 42.2 Å². The highest BCUT2D eigenvalue weighted by molar-refractivity contribution is 5.81. The first-order valence-electron chi connectivity index (χ1n) is 7.50. The molecule has 1 unspecified atom stereocenters. The summed E-state index contributed by atoms with van der Waals surface area (Å²) in [4.78, 5) is 0. The van der Waals surface area contributed by atoms with Gasteiger partial charge in [-0.2, -0.15) is 0 Å². The van der Waals surface area contributed by atoms with E-state index in [1.54, 1.807) is 0 Å². The third kappa shape index (κ3) is 2.36. The maximum Gasteiger partial charge on any atom is 0.140 e. The molecular formula is C17H22O3. The van der Waals surface area contributed by atoms with Gasteiger partial charge in [-0.25, -0.2) is 0 Å². The molecule has 1 aliphatic rings. The Hall–Kier alpha value is -1.32. The molecular weight excluding hydrogens is 252 g/mol. The molecule has 0 amide bonds. The zero-order valence-corrected chi connectivity index (χ0v) is 11.9. The second-order valence-electron chi connectivity index (χ2n) is 6.06. The number of fused-ring (bicyclic) bond motifs is 1. The highest BCUT2D eigenvalue weighted by atomic mass is 16.4.